The van der Waals surface area contributed by atoms with Crippen molar-refractivity contribution in [3.8, 4) is 5.75 Å². The average molecular weight is 337 g/mol. The summed E-state index contributed by atoms with van der Waals surface area (Å²) in [6, 6.07) is 6.50. The quantitative estimate of drug-likeness (QED) is 0.743. The van der Waals surface area contributed by atoms with E-state index in [2.05, 4.69) is 5.32 Å². The molecule has 2 rings (SSSR count). The van der Waals surface area contributed by atoms with Gasteiger partial charge >= 0.3 is 0 Å². The minimum Gasteiger partial charge on any atom is -0.491 e. The number of ether oxygens (including phenoxy) is 2. The Balaban J connectivity index is 0.00000220. The van der Waals surface area contributed by atoms with E-state index in [-0.39, 0.29) is 23.3 Å². The number of methoxy groups -OCH3 is 1. The maximum atomic E-state index is 12.4. The van der Waals surface area contributed by atoms with E-state index in [9.17, 15) is 8.42 Å². The Morgan fingerprint density at radius 3 is 2.33 bits per heavy atom. The van der Waals surface area contributed by atoms with Crippen LogP contribution in [0, 0.1) is 0 Å². The SMILES string of the molecule is COCCOc1ccc(S(=O)(=O)N(C)C2CNC2)cc1.Cl. The molecule has 0 unspecified atom stereocenters. The van der Waals surface area contributed by atoms with Crippen LogP contribution in [0.15, 0.2) is 29.2 Å². The van der Waals surface area contributed by atoms with Gasteiger partial charge in [0.25, 0.3) is 0 Å². The zero-order chi connectivity index (χ0) is 14.6. The van der Waals surface area contributed by atoms with E-state index < -0.39 is 10.0 Å². The molecule has 1 aliphatic heterocycles. The molecule has 0 radical (unpaired) electrons. The minimum atomic E-state index is -3.43. The number of benzene rings is 1. The van der Waals surface area contributed by atoms with Gasteiger partial charge in [-0.2, -0.15) is 4.31 Å². The van der Waals surface area contributed by atoms with Crippen LogP contribution < -0.4 is 10.1 Å². The van der Waals surface area contributed by atoms with E-state index in [0.717, 1.165) is 0 Å². The number of hydrogen-bond acceptors (Lipinski definition) is 5. The molecule has 0 atom stereocenters. The van der Waals surface area contributed by atoms with E-state index in [4.69, 9.17) is 9.47 Å². The molecule has 0 aliphatic carbocycles. The van der Waals surface area contributed by atoms with E-state index in [1.54, 1.807) is 38.4 Å². The number of rotatable bonds is 7. The number of sulfonamides is 1. The normalized spacial score (nSPS) is 15.4. The third-order valence-corrected chi connectivity index (χ3v) is 5.26. The van der Waals surface area contributed by atoms with Crippen LogP contribution in [-0.4, -0.2) is 59.2 Å². The number of hydrogen-bond donors (Lipinski definition) is 1. The fourth-order valence-electron chi connectivity index (χ4n) is 1.84. The first-order valence-electron chi connectivity index (χ1n) is 6.46. The Bertz CT molecular complexity index is 532. The van der Waals surface area contributed by atoms with Crippen molar-refractivity contribution in [2.45, 2.75) is 10.9 Å². The summed E-state index contributed by atoms with van der Waals surface area (Å²) in [6.07, 6.45) is 0. The topological polar surface area (TPSA) is 67.9 Å². The molecule has 1 fully saturated rings. The van der Waals surface area contributed by atoms with Crippen molar-refractivity contribution < 1.29 is 17.9 Å². The molecule has 1 heterocycles. The third kappa shape index (κ3) is 4.31. The van der Waals surface area contributed by atoms with Gasteiger partial charge in [-0.3, -0.25) is 0 Å². The molecule has 1 saturated heterocycles. The Morgan fingerprint density at radius 2 is 1.86 bits per heavy atom. The van der Waals surface area contributed by atoms with Gasteiger partial charge in [-0.05, 0) is 24.3 Å². The summed E-state index contributed by atoms with van der Waals surface area (Å²) >= 11 is 0. The smallest absolute Gasteiger partial charge is 0.243 e. The van der Waals surface area contributed by atoms with Crippen LogP contribution in [-0.2, 0) is 14.8 Å². The fraction of sp³-hybridized carbons (Fsp3) is 0.538. The van der Waals surface area contributed by atoms with Crippen LogP contribution >= 0.6 is 12.4 Å². The van der Waals surface area contributed by atoms with Crippen LogP contribution in [0.1, 0.15) is 0 Å². The fourth-order valence-corrected chi connectivity index (χ4v) is 3.20. The van der Waals surface area contributed by atoms with Gasteiger partial charge in [0, 0.05) is 33.3 Å². The molecule has 1 aromatic rings. The molecule has 120 valence electrons. The summed E-state index contributed by atoms with van der Waals surface area (Å²) in [5, 5.41) is 3.07. The zero-order valence-electron chi connectivity index (χ0n) is 12.1. The number of nitrogens with zero attached hydrogens (tertiary/aromatic N) is 1. The van der Waals surface area contributed by atoms with Crippen molar-refractivity contribution in [2.24, 2.45) is 0 Å². The molecule has 1 N–H and O–H groups in total. The second-order valence-corrected chi connectivity index (χ2v) is 6.64. The molecule has 0 saturated carbocycles. The highest BCUT2D eigenvalue weighted by Crippen LogP contribution is 2.21. The monoisotopic (exact) mass is 336 g/mol. The van der Waals surface area contributed by atoms with E-state index >= 15 is 0 Å². The number of likely N-dealkylation sites (N-methyl/N-ethyl adjacent to an activating group) is 1. The van der Waals surface area contributed by atoms with Crippen molar-refractivity contribution in [3.63, 3.8) is 0 Å². The van der Waals surface area contributed by atoms with Crippen LogP contribution in [0.4, 0.5) is 0 Å². The molecule has 0 spiro atoms. The molecule has 0 bridgehead atoms. The lowest BCUT2D eigenvalue weighted by molar-refractivity contribution is 0.146. The first-order valence-corrected chi connectivity index (χ1v) is 7.90. The summed E-state index contributed by atoms with van der Waals surface area (Å²) in [6.45, 7) is 2.34. The zero-order valence-corrected chi connectivity index (χ0v) is 13.7. The highest BCUT2D eigenvalue weighted by Gasteiger charge is 2.31. The largest absolute Gasteiger partial charge is 0.491 e. The molecule has 8 heteroatoms. The number of halogens is 1. The molecule has 1 aliphatic rings. The number of nitrogens with one attached hydrogen (secondary N) is 1. The lowest BCUT2D eigenvalue weighted by Gasteiger charge is -2.34. The predicted octanol–water partition coefficient (Wildman–Crippen LogP) is 0.726. The van der Waals surface area contributed by atoms with Gasteiger partial charge in [-0.25, -0.2) is 8.42 Å². The predicted molar refractivity (Wildman–Crippen MR) is 82.7 cm³/mol. The Morgan fingerprint density at radius 1 is 1.24 bits per heavy atom. The van der Waals surface area contributed by atoms with Gasteiger partial charge in [0.2, 0.25) is 10.0 Å². The maximum Gasteiger partial charge on any atom is 0.243 e. The van der Waals surface area contributed by atoms with Crippen molar-refractivity contribution in [1.82, 2.24) is 9.62 Å². The second-order valence-electron chi connectivity index (χ2n) is 4.65. The summed E-state index contributed by atoms with van der Waals surface area (Å²) in [7, 11) is -0.212. The van der Waals surface area contributed by atoms with Gasteiger partial charge < -0.3 is 14.8 Å². The van der Waals surface area contributed by atoms with Crippen molar-refractivity contribution in [1.29, 1.82) is 0 Å². The van der Waals surface area contributed by atoms with Gasteiger partial charge in [0.05, 0.1) is 11.5 Å². The van der Waals surface area contributed by atoms with Crippen molar-refractivity contribution >= 4 is 22.4 Å². The Hall–Kier alpha value is -0.860. The van der Waals surface area contributed by atoms with Gasteiger partial charge in [-0.1, -0.05) is 0 Å². The van der Waals surface area contributed by atoms with Crippen LogP contribution in [0.5, 0.6) is 5.75 Å². The molecule has 6 nitrogen and oxygen atoms in total. The molecule has 0 amide bonds. The van der Waals surface area contributed by atoms with Crippen molar-refractivity contribution in [3.05, 3.63) is 24.3 Å². The van der Waals surface area contributed by atoms with E-state index in [1.807, 2.05) is 0 Å². The maximum absolute atomic E-state index is 12.4. The van der Waals surface area contributed by atoms with Crippen LogP contribution in [0.2, 0.25) is 0 Å². The lowest BCUT2D eigenvalue weighted by Crippen LogP contribution is -2.57. The summed E-state index contributed by atoms with van der Waals surface area (Å²) in [4.78, 5) is 0.283. The van der Waals surface area contributed by atoms with E-state index in [0.29, 0.717) is 32.1 Å². The Kier molecular flexibility index (Phi) is 6.89. The molecular formula is C13H21ClN2O4S. The Labute approximate surface area is 131 Å². The molecule has 0 aromatic heterocycles. The standard InChI is InChI=1S/C13H20N2O4S.ClH/c1-15(11-9-14-10-11)20(16,17)13-5-3-12(4-6-13)19-8-7-18-2;/h3-6,11,14H,7-10H2,1-2H3;1H. The summed E-state index contributed by atoms with van der Waals surface area (Å²) < 4.78 is 36.5. The highest BCUT2D eigenvalue weighted by atomic mass is 35.5. The van der Waals surface area contributed by atoms with E-state index in [1.165, 1.54) is 4.31 Å². The second kappa shape index (κ2) is 7.95. The molecular weight excluding hydrogens is 316 g/mol. The van der Waals surface area contributed by atoms with Crippen LogP contribution in [0.25, 0.3) is 0 Å². The van der Waals surface area contributed by atoms with Gasteiger partial charge in [0.15, 0.2) is 0 Å². The lowest BCUT2D eigenvalue weighted by atomic mass is 10.2. The summed E-state index contributed by atoms with van der Waals surface area (Å²) in [5.41, 5.74) is 0. The molecule has 21 heavy (non-hydrogen) atoms. The van der Waals surface area contributed by atoms with Gasteiger partial charge in [0.1, 0.15) is 12.4 Å². The highest BCUT2D eigenvalue weighted by molar-refractivity contribution is 7.89. The van der Waals surface area contributed by atoms with Crippen molar-refractivity contribution in [2.75, 3.05) is 40.5 Å². The van der Waals surface area contributed by atoms with Crippen LogP contribution in [0.3, 0.4) is 0 Å². The minimum absolute atomic E-state index is 0. The third-order valence-electron chi connectivity index (χ3n) is 3.33. The molecule has 1 aromatic carbocycles. The first kappa shape index (κ1) is 18.2. The summed E-state index contributed by atoms with van der Waals surface area (Å²) in [5.74, 6) is 0.633. The van der Waals surface area contributed by atoms with Gasteiger partial charge in [-0.15, -0.1) is 12.4 Å². The first-order chi connectivity index (χ1) is 9.55. The average Bonchev–Trinajstić information content (AvgIpc) is 2.37.